The molecule has 0 saturated carbocycles. The third-order valence-corrected chi connectivity index (χ3v) is 4.16. The molecule has 7 heteroatoms. The number of ether oxygens (including phenoxy) is 2. The summed E-state index contributed by atoms with van der Waals surface area (Å²) in [5.41, 5.74) is 1.52. The number of benzene rings is 2. The number of hydrogen-bond acceptors (Lipinski definition) is 6. The molecule has 0 spiro atoms. The molecule has 0 radical (unpaired) electrons. The average Bonchev–Trinajstić information content (AvgIpc) is 2.78. The van der Waals surface area contributed by atoms with Crippen LogP contribution >= 0.6 is 0 Å². The molecule has 0 saturated heterocycles. The van der Waals surface area contributed by atoms with Gasteiger partial charge in [0.1, 0.15) is 29.6 Å². The lowest BCUT2D eigenvalue weighted by molar-refractivity contribution is 0.0941. The molecule has 150 valence electrons. The largest absolute Gasteiger partial charge is 0.497 e. The van der Waals surface area contributed by atoms with Crippen LogP contribution in [0.4, 0.5) is 5.82 Å². The fourth-order valence-electron chi connectivity index (χ4n) is 2.61. The highest BCUT2D eigenvalue weighted by Crippen LogP contribution is 2.16. The van der Waals surface area contributed by atoms with Gasteiger partial charge in [0.25, 0.3) is 5.91 Å². The molecule has 0 atom stereocenters. The van der Waals surface area contributed by atoms with Crippen LogP contribution in [0.3, 0.4) is 0 Å². The zero-order valence-corrected chi connectivity index (χ0v) is 16.3. The summed E-state index contributed by atoms with van der Waals surface area (Å²) in [7, 11) is 1.61. The molecule has 0 fully saturated rings. The number of rotatable bonds is 10. The maximum absolute atomic E-state index is 12.1. The van der Waals surface area contributed by atoms with Crippen LogP contribution in [0.15, 0.2) is 67.0 Å². The van der Waals surface area contributed by atoms with E-state index in [1.807, 2.05) is 42.5 Å². The van der Waals surface area contributed by atoms with Gasteiger partial charge in [-0.1, -0.05) is 30.3 Å². The molecule has 1 heterocycles. The minimum atomic E-state index is -0.285. The van der Waals surface area contributed by atoms with E-state index in [4.69, 9.17) is 9.47 Å². The molecule has 0 aliphatic rings. The van der Waals surface area contributed by atoms with E-state index in [2.05, 4.69) is 32.7 Å². The van der Waals surface area contributed by atoms with Gasteiger partial charge in [-0.3, -0.25) is 4.79 Å². The van der Waals surface area contributed by atoms with E-state index in [0.717, 1.165) is 18.7 Å². The third-order valence-electron chi connectivity index (χ3n) is 4.16. The number of nitrogens with one attached hydrogen (secondary N) is 2. The summed E-state index contributed by atoms with van der Waals surface area (Å²) in [5.74, 6) is 1.83. The summed E-state index contributed by atoms with van der Waals surface area (Å²) >= 11 is 0. The van der Waals surface area contributed by atoms with Crippen molar-refractivity contribution in [2.24, 2.45) is 0 Å². The van der Waals surface area contributed by atoms with Crippen molar-refractivity contribution < 1.29 is 14.3 Å². The van der Waals surface area contributed by atoms with Crippen LogP contribution in [0, 0.1) is 0 Å². The van der Waals surface area contributed by atoms with E-state index >= 15 is 0 Å². The molecule has 3 aromatic rings. The van der Waals surface area contributed by atoms with Gasteiger partial charge in [-0.15, -0.1) is 0 Å². The van der Waals surface area contributed by atoms with E-state index in [9.17, 15) is 4.79 Å². The first-order valence-corrected chi connectivity index (χ1v) is 9.39. The average molecular weight is 392 g/mol. The van der Waals surface area contributed by atoms with Crippen LogP contribution in [0.1, 0.15) is 16.1 Å². The second-order valence-electron chi connectivity index (χ2n) is 6.23. The molecular weight excluding hydrogens is 368 g/mol. The van der Waals surface area contributed by atoms with Crippen LogP contribution in [-0.4, -0.2) is 42.7 Å². The fourth-order valence-corrected chi connectivity index (χ4v) is 2.61. The number of amides is 1. The first-order chi connectivity index (χ1) is 14.2. The second-order valence-corrected chi connectivity index (χ2v) is 6.23. The topological polar surface area (TPSA) is 85.4 Å². The van der Waals surface area contributed by atoms with Crippen molar-refractivity contribution >= 4 is 11.7 Å². The molecule has 2 N–H and O–H groups in total. The predicted octanol–water partition coefficient (Wildman–Crippen LogP) is 2.95. The van der Waals surface area contributed by atoms with Gasteiger partial charge < -0.3 is 20.1 Å². The normalized spacial score (nSPS) is 10.2. The molecular formula is C22H24N4O3. The standard InChI is InChI=1S/C22H24N4O3/c1-28-18-7-9-19(10-8-18)29-14-13-24-22(27)20-15-26-21(16-25-20)23-12-11-17-5-3-2-4-6-17/h2-10,15-16H,11-14H2,1H3,(H,23,26)(H,24,27). The zero-order valence-electron chi connectivity index (χ0n) is 16.3. The van der Waals surface area contributed by atoms with Crippen molar-refractivity contribution in [1.82, 2.24) is 15.3 Å². The minimum Gasteiger partial charge on any atom is -0.497 e. The molecule has 0 unspecified atom stereocenters. The Morgan fingerprint density at radius 2 is 1.69 bits per heavy atom. The third kappa shape index (κ3) is 6.49. The zero-order chi connectivity index (χ0) is 20.3. The van der Waals surface area contributed by atoms with E-state index in [1.165, 1.54) is 11.8 Å². The lowest BCUT2D eigenvalue weighted by Crippen LogP contribution is -2.29. The molecule has 1 aromatic heterocycles. The number of aromatic nitrogens is 2. The van der Waals surface area contributed by atoms with Crippen molar-refractivity contribution in [3.05, 3.63) is 78.2 Å². The van der Waals surface area contributed by atoms with Gasteiger partial charge in [-0.2, -0.15) is 0 Å². The summed E-state index contributed by atoms with van der Waals surface area (Å²) in [6.07, 6.45) is 3.91. The van der Waals surface area contributed by atoms with Crippen molar-refractivity contribution in [3.63, 3.8) is 0 Å². The Kier molecular flexibility index (Phi) is 7.40. The van der Waals surface area contributed by atoms with Crippen molar-refractivity contribution in [2.45, 2.75) is 6.42 Å². The number of nitrogens with zero attached hydrogens (tertiary/aromatic N) is 2. The molecule has 1 amide bonds. The first-order valence-electron chi connectivity index (χ1n) is 9.39. The van der Waals surface area contributed by atoms with Gasteiger partial charge in [-0.25, -0.2) is 9.97 Å². The number of carbonyl (C=O) groups is 1. The Balaban J connectivity index is 1.36. The van der Waals surface area contributed by atoms with Crippen molar-refractivity contribution in [3.8, 4) is 11.5 Å². The summed E-state index contributed by atoms with van der Waals surface area (Å²) in [5, 5.41) is 5.97. The Hall–Kier alpha value is -3.61. The lowest BCUT2D eigenvalue weighted by Gasteiger charge is -2.09. The minimum absolute atomic E-state index is 0.267. The van der Waals surface area contributed by atoms with Crippen LogP contribution in [0.25, 0.3) is 0 Å². The van der Waals surface area contributed by atoms with Gasteiger partial charge in [0.2, 0.25) is 0 Å². The van der Waals surface area contributed by atoms with Crippen LogP contribution in [-0.2, 0) is 6.42 Å². The van der Waals surface area contributed by atoms with E-state index in [0.29, 0.717) is 24.7 Å². The Morgan fingerprint density at radius 3 is 2.38 bits per heavy atom. The van der Waals surface area contributed by atoms with Gasteiger partial charge >= 0.3 is 0 Å². The molecule has 3 rings (SSSR count). The number of methoxy groups -OCH3 is 1. The number of anilines is 1. The van der Waals surface area contributed by atoms with Gasteiger partial charge in [-0.05, 0) is 36.2 Å². The van der Waals surface area contributed by atoms with Gasteiger partial charge in [0.15, 0.2) is 0 Å². The Morgan fingerprint density at radius 1 is 0.931 bits per heavy atom. The van der Waals surface area contributed by atoms with E-state index in [-0.39, 0.29) is 11.6 Å². The van der Waals surface area contributed by atoms with Crippen LogP contribution in [0.5, 0.6) is 11.5 Å². The summed E-state index contributed by atoms with van der Waals surface area (Å²) in [4.78, 5) is 20.6. The molecule has 2 aromatic carbocycles. The fraction of sp³-hybridized carbons (Fsp3) is 0.227. The highest BCUT2D eigenvalue weighted by Gasteiger charge is 2.07. The quantitative estimate of drug-likeness (QED) is 0.516. The van der Waals surface area contributed by atoms with Crippen molar-refractivity contribution in [2.75, 3.05) is 32.1 Å². The van der Waals surface area contributed by atoms with Gasteiger partial charge in [0.05, 0.1) is 26.0 Å². The van der Waals surface area contributed by atoms with Crippen LogP contribution < -0.4 is 20.1 Å². The van der Waals surface area contributed by atoms with E-state index < -0.39 is 0 Å². The van der Waals surface area contributed by atoms with Gasteiger partial charge in [0, 0.05) is 6.54 Å². The summed E-state index contributed by atoms with van der Waals surface area (Å²) in [6, 6.07) is 17.5. The van der Waals surface area contributed by atoms with Crippen LogP contribution in [0.2, 0.25) is 0 Å². The molecule has 0 aliphatic carbocycles. The molecule has 0 bridgehead atoms. The molecule has 0 aliphatic heterocycles. The van der Waals surface area contributed by atoms with E-state index in [1.54, 1.807) is 13.3 Å². The maximum Gasteiger partial charge on any atom is 0.271 e. The van der Waals surface area contributed by atoms with Crippen molar-refractivity contribution in [1.29, 1.82) is 0 Å². The number of carbonyl (C=O) groups excluding carboxylic acids is 1. The smallest absolute Gasteiger partial charge is 0.271 e. The molecule has 29 heavy (non-hydrogen) atoms. The second kappa shape index (κ2) is 10.7. The Labute approximate surface area is 170 Å². The monoisotopic (exact) mass is 392 g/mol. The first kappa shape index (κ1) is 20.1. The Bertz CT molecular complexity index is 884. The summed E-state index contributed by atoms with van der Waals surface area (Å²) < 4.78 is 10.7. The summed E-state index contributed by atoms with van der Waals surface area (Å²) in [6.45, 7) is 1.46. The lowest BCUT2D eigenvalue weighted by atomic mass is 10.1. The number of hydrogen-bond donors (Lipinski definition) is 2. The highest BCUT2D eigenvalue weighted by atomic mass is 16.5. The molecule has 7 nitrogen and oxygen atoms in total. The highest BCUT2D eigenvalue weighted by molar-refractivity contribution is 5.91. The predicted molar refractivity (Wildman–Crippen MR) is 111 cm³/mol. The SMILES string of the molecule is COc1ccc(OCCNC(=O)c2cnc(NCCc3ccccc3)cn2)cc1. The maximum atomic E-state index is 12.1.